The number of amides is 1. The molecule has 0 saturated carbocycles. The summed E-state index contributed by atoms with van der Waals surface area (Å²) in [6.45, 7) is 6.02. The van der Waals surface area contributed by atoms with E-state index in [0.717, 1.165) is 5.56 Å². The smallest absolute Gasteiger partial charge is 0.254 e. The fraction of sp³-hybridized carbons (Fsp3) is 0.190. The van der Waals surface area contributed by atoms with Crippen LogP contribution in [0.1, 0.15) is 34.7 Å². The molecule has 0 bridgehead atoms. The zero-order chi connectivity index (χ0) is 21.7. The van der Waals surface area contributed by atoms with Gasteiger partial charge in [0.25, 0.3) is 5.91 Å². The molecule has 0 radical (unpaired) electrons. The molecular weight excluding hydrogens is 446 g/mol. The van der Waals surface area contributed by atoms with E-state index in [2.05, 4.69) is 22.1 Å². The van der Waals surface area contributed by atoms with Gasteiger partial charge in [-0.3, -0.25) is 4.79 Å². The Hall–Kier alpha value is -2.35. The Morgan fingerprint density at radius 1 is 1.27 bits per heavy atom. The van der Waals surface area contributed by atoms with Crippen LogP contribution in [0.4, 0.5) is 4.39 Å². The monoisotopic (exact) mass is 464 g/mol. The number of carbonyl (C=O) groups excluding carboxylic acids is 1. The molecule has 0 aliphatic rings. The Bertz CT molecular complexity index is 1070. The van der Waals surface area contributed by atoms with Gasteiger partial charge >= 0.3 is 0 Å². The van der Waals surface area contributed by atoms with Crippen molar-refractivity contribution >= 4 is 40.9 Å². The standard InChI is InChI=1S/C21H19Cl2FN4OS/c1-3-10-28-19(13(2)25-20(29)15-6-4-5-7-18(15)24)26-27-21(28)30-12-14-8-9-16(22)17(23)11-14/h3-9,11,13H,1,10,12H2,2H3,(H,25,29)/t13-/m1/s1. The summed E-state index contributed by atoms with van der Waals surface area (Å²) in [7, 11) is 0. The molecule has 3 aromatic rings. The lowest BCUT2D eigenvalue weighted by atomic mass is 10.2. The van der Waals surface area contributed by atoms with Gasteiger partial charge in [0, 0.05) is 12.3 Å². The van der Waals surface area contributed by atoms with Crippen molar-refractivity contribution < 1.29 is 9.18 Å². The quantitative estimate of drug-likeness (QED) is 0.343. The molecule has 1 aromatic heterocycles. The van der Waals surface area contributed by atoms with Crippen LogP contribution in [0.5, 0.6) is 0 Å². The van der Waals surface area contributed by atoms with Gasteiger partial charge in [-0.1, -0.05) is 59.2 Å². The first-order valence-electron chi connectivity index (χ1n) is 9.06. The molecule has 0 aliphatic heterocycles. The van der Waals surface area contributed by atoms with Crippen LogP contribution in [0.15, 0.2) is 60.3 Å². The van der Waals surface area contributed by atoms with Crippen molar-refractivity contribution in [3.8, 4) is 0 Å². The second-order valence-electron chi connectivity index (χ2n) is 6.45. The lowest BCUT2D eigenvalue weighted by Gasteiger charge is -2.15. The first-order valence-corrected chi connectivity index (χ1v) is 10.8. The summed E-state index contributed by atoms with van der Waals surface area (Å²) in [5.41, 5.74) is 0.971. The minimum Gasteiger partial charge on any atom is -0.342 e. The number of rotatable bonds is 8. The molecule has 0 unspecified atom stereocenters. The summed E-state index contributed by atoms with van der Waals surface area (Å²) in [4.78, 5) is 12.4. The Labute approximate surface area is 188 Å². The minimum absolute atomic E-state index is 0.0200. The first-order chi connectivity index (χ1) is 14.4. The van der Waals surface area contributed by atoms with E-state index < -0.39 is 17.8 Å². The second kappa shape index (κ2) is 10.1. The van der Waals surface area contributed by atoms with Gasteiger partial charge in [-0.25, -0.2) is 4.39 Å². The molecule has 0 spiro atoms. The van der Waals surface area contributed by atoms with Gasteiger partial charge in [-0.05, 0) is 36.8 Å². The van der Waals surface area contributed by atoms with E-state index >= 15 is 0 Å². The van der Waals surface area contributed by atoms with Gasteiger partial charge in [0.1, 0.15) is 5.82 Å². The van der Waals surface area contributed by atoms with Crippen molar-refractivity contribution in [3.05, 3.63) is 87.9 Å². The predicted molar refractivity (Wildman–Crippen MR) is 119 cm³/mol. The summed E-state index contributed by atoms with van der Waals surface area (Å²) in [5.74, 6) is 0.0740. The van der Waals surface area contributed by atoms with Crippen LogP contribution >= 0.6 is 35.0 Å². The second-order valence-corrected chi connectivity index (χ2v) is 8.21. The number of allylic oxidation sites excluding steroid dienone is 1. The third-order valence-electron chi connectivity index (χ3n) is 4.26. The topological polar surface area (TPSA) is 59.8 Å². The Morgan fingerprint density at radius 3 is 2.73 bits per heavy atom. The van der Waals surface area contributed by atoms with Gasteiger partial charge in [-0.2, -0.15) is 0 Å². The van der Waals surface area contributed by atoms with Crippen LogP contribution < -0.4 is 5.32 Å². The summed E-state index contributed by atoms with van der Waals surface area (Å²) in [5, 5.41) is 12.9. The number of aromatic nitrogens is 3. The summed E-state index contributed by atoms with van der Waals surface area (Å²) in [6, 6.07) is 10.8. The summed E-state index contributed by atoms with van der Waals surface area (Å²) >= 11 is 13.5. The number of carbonyl (C=O) groups is 1. The van der Waals surface area contributed by atoms with Crippen LogP contribution in [-0.2, 0) is 12.3 Å². The van der Waals surface area contributed by atoms with Gasteiger partial charge in [-0.15, -0.1) is 16.8 Å². The summed E-state index contributed by atoms with van der Waals surface area (Å²) < 4.78 is 15.7. The van der Waals surface area contributed by atoms with Gasteiger partial charge in [0.05, 0.1) is 21.7 Å². The van der Waals surface area contributed by atoms with E-state index in [1.165, 1.54) is 30.0 Å². The fourth-order valence-corrected chi connectivity index (χ4v) is 4.01. The average Bonchev–Trinajstić information content (AvgIpc) is 3.12. The highest BCUT2D eigenvalue weighted by Gasteiger charge is 2.21. The number of thioether (sulfide) groups is 1. The molecule has 156 valence electrons. The number of hydrogen-bond donors (Lipinski definition) is 1. The van der Waals surface area contributed by atoms with E-state index in [9.17, 15) is 9.18 Å². The lowest BCUT2D eigenvalue weighted by molar-refractivity contribution is 0.0933. The lowest BCUT2D eigenvalue weighted by Crippen LogP contribution is -2.29. The van der Waals surface area contributed by atoms with E-state index in [4.69, 9.17) is 23.2 Å². The highest BCUT2D eigenvalue weighted by Crippen LogP contribution is 2.28. The Morgan fingerprint density at radius 2 is 2.03 bits per heavy atom. The fourth-order valence-electron chi connectivity index (χ4n) is 2.79. The van der Waals surface area contributed by atoms with E-state index in [1.807, 2.05) is 16.7 Å². The molecule has 9 heteroatoms. The van der Waals surface area contributed by atoms with Crippen molar-refractivity contribution in [2.75, 3.05) is 0 Å². The average molecular weight is 465 g/mol. The molecule has 0 aliphatic carbocycles. The van der Waals surface area contributed by atoms with E-state index in [-0.39, 0.29) is 5.56 Å². The molecule has 1 amide bonds. The maximum atomic E-state index is 13.9. The predicted octanol–water partition coefficient (Wildman–Crippen LogP) is 5.69. The highest BCUT2D eigenvalue weighted by molar-refractivity contribution is 7.98. The van der Waals surface area contributed by atoms with Gasteiger partial charge in [0.15, 0.2) is 11.0 Å². The molecule has 0 fully saturated rings. The molecule has 5 nitrogen and oxygen atoms in total. The number of hydrogen-bond acceptors (Lipinski definition) is 4. The highest BCUT2D eigenvalue weighted by atomic mass is 35.5. The maximum absolute atomic E-state index is 13.9. The first kappa shape index (κ1) is 22.3. The molecule has 30 heavy (non-hydrogen) atoms. The Kier molecular flexibility index (Phi) is 7.53. The van der Waals surface area contributed by atoms with Crippen LogP contribution in [0.2, 0.25) is 10.0 Å². The van der Waals surface area contributed by atoms with Crippen molar-refractivity contribution in [1.82, 2.24) is 20.1 Å². The minimum atomic E-state index is -0.576. The van der Waals surface area contributed by atoms with Crippen LogP contribution in [0.3, 0.4) is 0 Å². The van der Waals surface area contributed by atoms with Crippen molar-refractivity contribution in [2.45, 2.75) is 30.4 Å². The number of benzene rings is 2. The molecule has 1 atom stereocenters. The van der Waals surface area contributed by atoms with E-state index in [1.54, 1.807) is 25.1 Å². The van der Waals surface area contributed by atoms with Crippen molar-refractivity contribution in [1.29, 1.82) is 0 Å². The normalized spacial score (nSPS) is 11.9. The molecule has 1 heterocycles. The van der Waals surface area contributed by atoms with Crippen LogP contribution in [0.25, 0.3) is 0 Å². The van der Waals surface area contributed by atoms with E-state index in [0.29, 0.717) is 33.3 Å². The third-order valence-corrected chi connectivity index (χ3v) is 6.04. The zero-order valence-electron chi connectivity index (χ0n) is 16.1. The number of nitrogens with zero attached hydrogens (tertiary/aromatic N) is 3. The summed E-state index contributed by atoms with van der Waals surface area (Å²) in [6.07, 6.45) is 1.72. The maximum Gasteiger partial charge on any atom is 0.254 e. The van der Waals surface area contributed by atoms with Crippen molar-refractivity contribution in [2.24, 2.45) is 0 Å². The Balaban J connectivity index is 1.75. The van der Waals surface area contributed by atoms with Crippen LogP contribution in [-0.4, -0.2) is 20.7 Å². The SMILES string of the molecule is C=CCn1c(SCc2ccc(Cl)c(Cl)c2)nnc1[C@@H](C)NC(=O)c1ccccc1F. The van der Waals surface area contributed by atoms with Gasteiger partial charge < -0.3 is 9.88 Å². The van der Waals surface area contributed by atoms with Crippen molar-refractivity contribution in [3.63, 3.8) is 0 Å². The van der Waals surface area contributed by atoms with Crippen LogP contribution in [0, 0.1) is 5.82 Å². The molecule has 0 saturated heterocycles. The number of nitrogens with one attached hydrogen (secondary N) is 1. The zero-order valence-corrected chi connectivity index (χ0v) is 18.4. The van der Waals surface area contributed by atoms with Gasteiger partial charge in [0.2, 0.25) is 0 Å². The molecule has 3 rings (SSSR count). The third kappa shape index (κ3) is 5.22. The molecule has 2 aromatic carbocycles. The number of halogens is 3. The largest absolute Gasteiger partial charge is 0.342 e. The molecule has 1 N–H and O–H groups in total. The molecular formula is C21H19Cl2FN4OS.